The summed E-state index contributed by atoms with van der Waals surface area (Å²) in [5.74, 6) is -0.0844. The number of benzene rings is 3. The fraction of sp³-hybridized carbons (Fsp3) is 0.100. The number of amidine groups is 1. The Kier molecular flexibility index (Phi) is 4.57. The summed E-state index contributed by atoms with van der Waals surface area (Å²) in [6.07, 6.45) is 0. The highest BCUT2D eigenvalue weighted by atomic mass is 35.5. The average Bonchev–Trinajstić information content (AvgIpc) is 2.64. The second-order valence-electron chi connectivity index (χ2n) is 5.98. The van der Waals surface area contributed by atoms with Crippen LogP contribution in [-0.2, 0) is 4.79 Å². The molecule has 1 aliphatic rings. The highest BCUT2D eigenvalue weighted by Gasteiger charge is 2.20. The minimum Gasteiger partial charge on any atom is -0.334 e. The standard InChI is InChI=1S/C20H16ClN3OS/c1-12(19(25)22-15-10-8-14(21)9-11-15)26-20-23-16-6-2-4-13-5-3-7-17(24-20)18(13)16/h2-12H,1H3,(H,22,25)(H,23,24)/t12-/m1/s1. The summed E-state index contributed by atoms with van der Waals surface area (Å²) in [6.45, 7) is 1.86. The zero-order valence-corrected chi connectivity index (χ0v) is 15.6. The Morgan fingerprint density at radius 2 is 1.85 bits per heavy atom. The number of thioether (sulfide) groups is 1. The van der Waals surface area contributed by atoms with Crippen molar-refractivity contribution >= 4 is 62.3 Å². The van der Waals surface area contributed by atoms with Crippen molar-refractivity contribution in [3.8, 4) is 0 Å². The molecule has 0 bridgehead atoms. The van der Waals surface area contributed by atoms with Crippen molar-refractivity contribution in [2.45, 2.75) is 12.2 Å². The van der Waals surface area contributed by atoms with E-state index in [2.05, 4.69) is 27.8 Å². The van der Waals surface area contributed by atoms with Crippen LogP contribution in [0.1, 0.15) is 6.92 Å². The molecule has 2 N–H and O–H groups in total. The molecule has 3 aromatic rings. The number of rotatable bonds is 3. The summed E-state index contributed by atoms with van der Waals surface area (Å²) in [4.78, 5) is 17.1. The van der Waals surface area contributed by atoms with E-state index in [1.54, 1.807) is 24.3 Å². The van der Waals surface area contributed by atoms with Gasteiger partial charge in [0, 0.05) is 16.1 Å². The smallest absolute Gasteiger partial charge is 0.237 e. The maximum absolute atomic E-state index is 12.5. The van der Waals surface area contributed by atoms with Crippen molar-refractivity contribution in [1.29, 1.82) is 0 Å². The van der Waals surface area contributed by atoms with Gasteiger partial charge in [-0.2, -0.15) is 0 Å². The number of hydrogen-bond donors (Lipinski definition) is 2. The van der Waals surface area contributed by atoms with Crippen LogP contribution in [0.15, 0.2) is 65.7 Å². The summed E-state index contributed by atoms with van der Waals surface area (Å²) in [5.41, 5.74) is 2.66. The molecule has 4 rings (SSSR count). The Labute approximate surface area is 160 Å². The second-order valence-corrected chi connectivity index (χ2v) is 7.74. The van der Waals surface area contributed by atoms with E-state index in [0.717, 1.165) is 33.0 Å². The number of amides is 1. The largest absolute Gasteiger partial charge is 0.334 e. The lowest BCUT2D eigenvalue weighted by molar-refractivity contribution is -0.115. The van der Waals surface area contributed by atoms with Crippen LogP contribution < -0.4 is 10.6 Å². The third-order valence-electron chi connectivity index (χ3n) is 4.12. The Balaban J connectivity index is 1.50. The summed E-state index contributed by atoms with van der Waals surface area (Å²) in [7, 11) is 0. The van der Waals surface area contributed by atoms with E-state index in [0.29, 0.717) is 5.02 Å². The fourth-order valence-corrected chi connectivity index (χ4v) is 3.77. The molecular weight excluding hydrogens is 366 g/mol. The predicted molar refractivity (Wildman–Crippen MR) is 112 cm³/mol. The van der Waals surface area contributed by atoms with E-state index >= 15 is 0 Å². The van der Waals surface area contributed by atoms with E-state index in [1.807, 2.05) is 31.2 Å². The average molecular weight is 382 g/mol. The number of anilines is 2. The highest BCUT2D eigenvalue weighted by Crippen LogP contribution is 2.37. The molecule has 0 aliphatic carbocycles. The monoisotopic (exact) mass is 381 g/mol. The molecule has 0 fully saturated rings. The topological polar surface area (TPSA) is 53.5 Å². The van der Waals surface area contributed by atoms with Crippen molar-refractivity contribution in [1.82, 2.24) is 0 Å². The van der Waals surface area contributed by atoms with Crippen molar-refractivity contribution in [2.24, 2.45) is 4.99 Å². The van der Waals surface area contributed by atoms with Gasteiger partial charge in [0.1, 0.15) is 0 Å². The van der Waals surface area contributed by atoms with E-state index in [1.165, 1.54) is 11.8 Å². The molecule has 1 aliphatic heterocycles. The van der Waals surface area contributed by atoms with Crippen molar-refractivity contribution < 1.29 is 4.79 Å². The van der Waals surface area contributed by atoms with Gasteiger partial charge in [-0.3, -0.25) is 4.79 Å². The number of hydrogen-bond acceptors (Lipinski definition) is 4. The fourth-order valence-electron chi connectivity index (χ4n) is 2.82. The van der Waals surface area contributed by atoms with Crippen LogP contribution in [0, 0.1) is 0 Å². The Morgan fingerprint density at radius 1 is 1.12 bits per heavy atom. The van der Waals surface area contributed by atoms with Gasteiger partial charge < -0.3 is 10.6 Å². The molecule has 0 radical (unpaired) electrons. The van der Waals surface area contributed by atoms with E-state index in [-0.39, 0.29) is 11.2 Å². The first-order valence-electron chi connectivity index (χ1n) is 8.21. The number of halogens is 1. The van der Waals surface area contributed by atoms with Gasteiger partial charge >= 0.3 is 0 Å². The van der Waals surface area contributed by atoms with Crippen LogP contribution in [0.5, 0.6) is 0 Å². The first kappa shape index (κ1) is 16.9. The van der Waals surface area contributed by atoms with E-state index in [9.17, 15) is 4.79 Å². The van der Waals surface area contributed by atoms with Gasteiger partial charge in [0.05, 0.1) is 16.6 Å². The van der Waals surface area contributed by atoms with Gasteiger partial charge in [-0.05, 0) is 48.7 Å². The third-order valence-corrected chi connectivity index (χ3v) is 5.35. The minimum absolute atomic E-state index is 0.0844. The molecule has 0 unspecified atom stereocenters. The normalized spacial score (nSPS) is 13.7. The maximum Gasteiger partial charge on any atom is 0.237 e. The van der Waals surface area contributed by atoms with Crippen LogP contribution >= 0.6 is 23.4 Å². The lowest BCUT2D eigenvalue weighted by atomic mass is 10.1. The number of aliphatic imine (C=N–C) groups is 1. The molecule has 26 heavy (non-hydrogen) atoms. The van der Waals surface area contributed by atoms with Crippen molar-refractivity contribution in [3.05, 3.63) is 65.7 Å². The molecule has 1 heterocycles. The number of carbonyl (C=O) groups excluding carboxylic acids is 1. The number of nitrogens with zero attached hydrogens (tertiary/aromatic N) is 1. The number of carbonyl (C=O) groups is 1. The molecule has 0 saturated carbocycles. The Morgan fingerprint density at radius 3 is 2.62 bits per heavy atom. The number of nitrogens with one attached hydrogen (secondary N) is 2. The van der Waals surface area contributed by atoms with Crippen molar-refractivity contribution in [3.63, 3.8) is 0 Å². The molecular formula is C20H16ClN3OS. The highest BCUT2D eigenvalue weighted by molar-refractivity contribution is 8.15. The van der Waals surface area contributed by atoms with E-state index < -0.39 is 0 Å². The molecule has 130 valence electrons. The quantitative estimate of drug-likeness (QED) is 0.614. The maximum atomic E-state index is 12.5. The van der Waals surface area contributed by atoms with Crippen molar-refractivity contribution in [2.75, 3.05) is 10.6 Å². The van der Waals surface area contributed by atoms with E-state index in [4.69, 9.17) is 11.6 Å². The molecule has 4 nitrogen and oxygen atoms in total. The van der Waals surface area contributed by atoms with Gasteiger partial charge in [0.25, 0.3) is 0 Å². The lowest BCUT2D eigenvalue weighted by Gasteiger charge is -2.20. The predicted octanol–water partition coefficient (Wildman–Crippen LogP) is 5.67. The summed E-state index contributed by atoms with van der Waals surface area (Å²) in [5, 5.41) is 9.54. The molecule has 3 aromatic carbocycles. The molecule has 0 spiro atoms. The third kappa shape index (κ3) is 3.41. The molecule has 0 aromatic heterocycles. The first-order valence-corrected chi connectivity index (χ1v) is 9.46. The van der Waals surface area contributed by atoms with Gasteiger partial charge in [-0.1, -0.05) is 47.6 Å². The zero-order valence-electron chi connectivity index (χ0n) is 14.0. The van der Waals surface area contributed by atoms with Crippen LogP contribution in [0.3, 0.4) is 0 Å². The van der Waals surface area contributed by atoms with Gasteiger partial charge in [-0.25, -0.2) is 4.99 Å². The van der Waals surface area contributed by atoms with Crippen LogP contribution in [-0.4, -0.2) is 16.3 Å². The summed E-state index contributed by atoms with van der Waals surface area (Å²) < 4.78 is 0. The van der Waals surface area contributed by atoms with Crippen LogP contribution in [0.25, 0.3) is 10.8 Å². The second kappa shape index (κ2) is 7.02. The minimum atomic E-state index is -0.304. The molecule has 0 saturated heterocycles. The summed E-state index contributed by atoms with van der Waals surface area (Å²) >= 11 is 7.27. The molecule has 1 atom stereocenters. The molecule has 1 amide bonds. The SMILES string of the molecule is C[C@@H](SC1=Nc2cccc3cccc(c23)N1)C(=O)Nc1ccc(Cl)cc1. The Hall–Kier alpha value is -2.50. The van der Waals surface area contributed by atoms with Gasteiger partial charge in [0.2, 0.25) is 5.91 Å². The summed E-state index contributed by atoms with van der Waals surface area (Å²) in [6, 6.07) is 19.2. The van der Waals surface area contributed by atoms with Gasteiger partial charge in [-0.15, -0.1) is 0 Å². The van der Waals surface area contributed by atoms with Crippen LogP contribution in [0.2, 0.25) is 5.02 Å². The van der Waals surface area contributed by atoms with Crippen LogP contribution in [0.4, 0.5) is 17.1 Å². The van der Waals surface area contributed by atoms with Gasteiger partial charge in [0.15, 0.2) is 5.17 Å². The first-order chi connectivity index (χ1) is 12.6. The lowest BCUT2D eigenvalue weighted by Crippen LogP contribution is -2.25. The Bertz CT molecular complexity index is 1010. The molecule has 6 heteroatoms. The zero-order chi connectivity index (χ0) is 18.1.